The summed E-state index contributed by atoms with van der Waals surface area (Å²) >= 11 is 3.32. The smallest absolute Gasteiger partial charge is 0.408 e. The van der Waals surface area contributed by atoms with E-state index in [1.807, 2.05) is 12.1 Å². The van der Waals surface area contributed by atoms with Gasteiger partial charge in [0, 0.05) is 10.9 Å². The Morgan fingerprint density at radius 1 is 1.42 bits per heavy atom. The lowest BCUT2D eigenvalue weighted by atomic mass is 10.1. The summed E-state index contributed by atoms with van der Waals surface area (Å²) in [6, 6.07) is 5.12. The maximum atomic E-state index is 13.9. The van der Waals surface area contributed by atoms with E-state index in [1.54, 1.807) is 26.8 Å². The maximum Gasteiger partial charge on any atom is 0.408 e. The Morgan fingerprint density at radius 3 is 2.74 bits per heavy atom. The minimum atomic E-state index is -1.05. The molecular formula is C14H17BrFNO2. The van der Waals surface area contributed by atoms with Gasteiger partial charge in [-0.05, 0) is 44.0 Å². The molecule has 2 rings (SSSR count). The van der Waals surface area contributed by atoms with Crippen molar-refractivity contribution >= 4 is 22.0 Å². The fourth-order valence-corrected chi connectivity index (χ4v) is 2.56. The Bertz CT molecular complexity index is 499. The van der Waals surface area contributed by atoms with Gasteiger partial charge in [-0.3, -0.25) is 0 Å². The predicted molar refractivity (Wildman–Crippen MR) is 74.7 cm³/mol. The number of amides is 1. The zero-order chi connectivity index (χ0) is 14.2. The highest BCUT2D eigenvalue weighted by atomic mass is 79.9. The molecular weight excluding hydrogens is 313 g/mol. The van der Waals surface area contributed by atoms with E-state index >= 15 is 0 Å². The fraction of sp³-hybridized carbons (Fsp3) is 0.500. The first kappa shape index (κ1) is 14.3. The highest BCUT2D eigenvalue weighted by Crippen LogP contribution is 2.42. The van der Waals surface area contributed by atoms with Crippen molar-refractivity contribution in [3.8, 4) is 0 Å². The van der Waals surface area contributed by atoms with E-state index in [2.05, 4.69) is 21.2 Å². The normalized spacial score (nSPS) is 21.9. The zero-order valence-corrected chi connectivity index (χ0v) is 12.8. The van der Waals surface area contributed by atoms with Gasteiger partial charge in [0.25, 0.3) is 0 Å². The second-order valence-electron chi connectivity index (χ2n) is 5.68. The lowest BCUT2D eigenvalue weighted by Gasteiger charge is -2.22. The minimum Gasteiger partial charge on any atom is -0.444 e. The van der Waals surface area contributed by atoms with Gasteiger partial charge in [0.1, 0.15) is 11.8 Å². The van der Waals surface area contributed by atoms with E-state index in [9.17, 15) is 9.18 Å². The number of carbonyl (C=O) groups is 1. The maximum absolute atomic E-state index is 13.9. The molecule has 2 atom stereocenters. The molecule has 1 aromatic carbocycles. The molecule has 5 heteroatoms. The number of alkyl halides is 1. The molecule has 0 saturated heterocycles. The van der Waals surface area contributed by atoms with Gasteiger partial charge in [0.15, 0.2) is 0 Å². The van der Waals surface area contributed by atoms with Crippen molar-refractivity contribution in [3.63, 3.8) is 0 Å². The molecule has 0 bridgehead atoms. The van der Waals surface area contributed by atoms with E-state index in [4.69, 9.17) is 4.74 Å². The highest BCUT2D eigenvalue weighted by molar-refractivity contribution is 9.10. The molecule has 0 aromatic heterocycles. The summed E-state index contributed by atoms with van der Waals surface area (Å²) in [7, 11) is 0. The van der Waals surface area contributed by atoms with E-state index in [0.29, 0.717) is 5.56 Å². The van der Waals surface area contributed by atoms with Crippen molar-refractivity contribution in [3.05, 3.63) is 33.8 Å². The summed E-state index contributed by atoms with van der Waals surface area (Å²) in [5, 5.41) is 2.73. The Labute approximate surface area is 120 Å². The van der Waals surface area contributed by atoms with Gasteiger partial charge >= 0.3 is 6.09 Å². The number of halogens is 2. The minimum absolute atomic E-state index is 0.255. The van der Waals surface area contributed by atoms with Crippen molar-refractivity contribution in [2.45, 2.75) is 45.0 Å². The quantitative estimate of drug-likeness (QED) is 0.827. The van der Waals surface area contributed by atoms with Crippen LogP contribution in [0.2, 0.25) is 0 Å². The van der Waals surface area contributed by atoms with Crippen LogP contribution in [0.25, 0.3) is 0 Å². The first-order chi connectivity index (χ1) is 8.76. The van der Waals surface area contributed by atoms with E-state index < -0.39 is 17.9 Å². The molecule has 1 aromatic rings. The predicted octanol–water partition coefficient (Wildman–Crippen LogP) is 4.43. The van der Waals surface area contributed by atoms with Crippen LogP contribution in [0, 0.1) is 0 Å². The standard InChI is InChI=1S/C14H17BrFNO2/c1-14(2,3)19-13(18)17-12-7-11(16)10-6-8(15)4-5-9(10)12/h4-6,11-12H,7H2,1-3H3,(H,17,18)/t11?,12-/m0/s1. The molecule has 1 unspecified atom stereocenters. The zero-order valence-electron chi connectivity index (χ0n) is 11.2. The molecule has 1 amide bonds. The number of hydrogen-bond donors (Lipinski definition) is 1. The molecule has 104 valence electrons. The number of carbonyl (C=O) groups excluding carboxylic acids is 1. The summed E-state index contributed by atoms with van der Waals surface area (Å²) in [5.41, 5.74) is 0.900. The third kappa shape index (κ3) is 3.47. The second-order valence-corrected chi connectivity index (χ2v) is 6.59. The molecule has 19 heavy (non-hydrogen) atoms. The van der Waals surface area contributed by atoms with E-state index in [-0.39, 0.29) is 12.5 Å². The van der Waals surface area contributed by atoms with Crippen LogP contribution >= 0.6 is 15.9 Å². The number of nitrogens with one attached hydrogen (secondary N) is 1. The largest absolute Gasteiger partial charge is 0.444 e. The molecule has 0 aliphatic heterocycles. The van der Waals surface area contributed by atoms with Gasteiger partial charge < -0.3 is 10.1 Å². The topological polar surface area (TPSA) is 38.3 Å². The Morgan fingerprint density at radius 2 is 2.11 bits per heavy atom. The summed E-state index contributed by atoms with van der Waals surface area (Å²) in [5.74, 6) is 0. The van der Waals surface area contributed by atoms with Crippen molar-refractivity contribution in [2.75, 3.05) is 0 Å². The molecule has 1 aliphatic rings. The number of ether oxygens (including phenoxy) is 1. The van der Waals surface area contributed by atoms with Gasteiger partial charge in [0.2, 0.25) is 0 Å². The van der Waals surface area contributed by atoms with Gasteiger partial charge in [-0.25, -0.2) is 9.18 Å². The number of benzene rings is 1. The van der Waals surface area contributed by atoms with Crippen LogP contribution in [0.3, 0.4) is 0 Å². The second kappa shape index (κ2) is 5.12. The number of alkyl carbamates (subject to hydrolysis) is 1. The molecule has 0 radical (unpaired) electrons. The number of rotatable bonds is 1. The Hall–Kier alpha value is -1.10. The molecule has 0 spiro atoms. The molecule has 0 saturated carbocycles. The third-order valence-corrected chi connectivity index (χ3v) is 3.39. The molecule has 0 heterocycles. The van der Waals surface area contributed by atoms with E-state index in [1.165, 1.54) is 0 Å². The third-order valence-electron chi connectivity index (χ3n) is 2.90. The van der Waals surface area contributed by atoms with Crippen LogP contribution in [0.1, 0.15) is 50.5 Å². The SMILES string of the molecule is CC(C)(C)OC(=O)N[C@H]1CC(F)c2cc(Br)ccc21. The lowest BCUT2D eigenvalue weighted by molar-refractivity contribution is 0.0499. The molecule has 3 nitrogen and oxygen atoms in total. The van der Waals surface area contributed by atoms with Crippen LogP contribution in [0.5, 0.6) is 0 Å². The summed E-state index contributed by atoms with van der Waals surface area (Å²) in [6.07, 6.45) is -1.31. The summed E-state index contributed by atoms with van der Waals surface area (Å²) in [4.78, 5) is 11.7. The first-order valence-electron chi connectivity index (χ1n) is 6.19. The molecule has 0 fully saturated rings. The summed E-state index contributed by atoms with van der Waals surface area (Å²) in [6.45, 7) is 5.39. The average Bonchev–Trinajstić information content (AvgIpc) is 2.52. The number of fused-ring (bicyclic) bond motifs is 1. The Balaban J connectivity index is 2.11. The summed E-state index contributed by atoms with van der Waals surface area (Å²) < 4.78 is 20.0. The Kier molecular flexibility index (Phi) is 3.85. The van der Waals surface area contributed by atoms with Crippen molar-refractivity contribution in [2.24, 2.45) is 0 Å². The lowest BCUT2D eigenvalue weighted by Crippen LogP contribution is -2.34. The van der Waals surface area contributed by atoms with Gasteiger partial charge in [0.05, 0.1) is 6.04 Å². The van der Waals surface area contributed by atoms with Crippen molar-refractivity contribution < 1.29 is 13.9 Å². The van der Waals surface area contributed by atoms with Crippen LogP contribution in [-0.4, -0.2) is 11.7 Å². The van der Waals surface area contributed by atoms with Crippen molar-refractivity contribution in [1.82, 2.24) is 5.32 Å². The van der Waals surface area contributed by atoms with Gasteiger partial charge in [-0.1, -0.05) is 22.0 Å². The monoisotopic (exact) mass is 329 g/mol. The van der Waals surface area contributed by atoms with Crippen LogP contribution < -0.4 is 5.32 Å². The fourth-order valence-electron chi connectivity index (χ4n) is 2.18. The van der Waals surface area contributed by atoms with Crippen LogP contribution in [-0.2, 0) is 4.74 Å². The van der Waals surface area contributed by atoms with Crippen LogP contribution in [0.4, 0.5) is 9.18 Å². The van der Waals surface area contributed by atoms with Gasteiger partial charge in [-0.2, -0.15) is 0 Å². The average molecular weight is 330 g/mol. The van der Waals surface area contributed by atoms with E-state index in [0.717, 1.165) is 10.0 Å². The van der Waals surface area contributed by atoms with Crippen molar-refractivity contribution in [1.29, 1.82) is 0 Å². The van der Waals surface area contributed by atoms with Crippen LogP contribution in [0.15, 0.2) is 22.7 Å². The molecule has 1 aliphatic carbocycles. The molecule has 1 N–H and O–H groups in total. The highest BCUT2D eigenvalue weighted by Gasteiger charge is 2.33. The van der Waals surface area contributed by atoms with Gasteiger partial charge in [-0.15, -0.1) is 0 Å². The number of hydrogen-bond acceptors (Lipinski definition) is 2. The first-order valence-corrected chi connectivity index (χ1v) is 6.98.